The van der Waals surface area contributed by atoms with E-state index in [0.717, 1.165) is 77.0 Å². The van der Waals surface area contributed by atoms with Crippen LogP contribution in [0.2, 0.25) is 0 Å². The number of carboxylic acids is 1. The highest BCUT2D eigenvalue weighted by atomic mass is 16.7. The van der Waals surface area contributed by atoms with Crippen LogP contribution in [0.1, 0.15) is 90.4 Å². The molecule has 46 heavy (non-hydrogen) atoms. The first-order chi connectivity index (χ1) is 21.9. The van der Waals surface area contributed by atoms with Gasteiger partial charge in [-0.1, -0.05) is 70.8 Å². The zero-order chi connectivity index (χ0) is 33.9. The van der Waals surface area contributed by atoms with Crippen molar-refractivity contribution in [1.29, 1.82) is 0 Å². The van der Waals surface area contributed by atoms with E-state index in [2.05, 4.69) is 6.58 Å². The van der Waals surface area contributed by atoms with Gasteiger partial charge in [0.1, 0.15) is 48.1 Å². The van der Waals surface area contributed by atoms with Crippen LogP contribution in [0.25, 0.3) is 0 Å². The minimum Gasteiger partial charge on any atom is -0.481 e. The lowest BCUT2D eigenvalue weighted by Crippen LogP contribution is -2.62. The van der Waals surface area contributed by atoms with E-state index in [9.17, 15) is 45.3 Å². The summed E-state index contributed by atoms with van der Waals surface area (Å²) in [6.45, 7) is 3.67. The number of hydrogen-bond acceptors (Lipinski definition) is 13. The van der Waals surface area contributed by atoms with E-state index in [1.807, 2.05) is 6.92 Å². The maximum absolute atomic E-state index is 11.6. The number of aliphatic hydroxyl groups excluding tert-OH is 5. The SMILES string of the molecule is C=C1C(=O)O[C@@H](CCCCCCCCCCCCC[C@H](C)O[C@@H]2O[C@H](CO)[C@@H](O[C@@H]3OC[C@](O)(CO)[C@H]3O)[C@H](O)[C@H]2O)[C@@H]1C(=O)O. The fourth-order valence-electron chi connectivity index (χ4n) is 6.23. The molecule has 0 aromatic heterocycles. The van der Waals surface area contributed by atoms with Crippen molar-refractivity contribution in [2.75, 3.05) is 19.8 Å². The lowest BCUT2D eigenvalue weighted by atomic mass is 9.93. The predicted octanol–water partition coefficient (Wildman–Crippen LogP) is 0.910. The summed E-state index contributed by atoms with van der Waals surface area (Å²) in [6, 6.07) is 0. The van der Waals surface area contributed by atoms with Crippen LogP contribution in [-0.4, -0.2) is 128 Å². The lowest BCUT2D eigenvalue weighted by molar-refractivity contribution is -0.335. The molecule has 0 amide bonds. The number of hydrogen-bond donors (Lipinski definition) is 7. The highest BCUT2D eigenvalue weighted by molar-refractivity contribution is 5.97. The summed E-state index contributed by atoms with van der Waals surface area (Å²) in [6.07, 6.45) is 2.35. The molecule has 0 aromatic carbocycles. The van der Waals surface area contributed by atoms with Crippen molar-refractivity contribution >= 4 is 11.9 Å². The Labute approximate surface area is 270 Å². The summed E-state index contributed by atoms with van der Waals surface area (Å²) in [5.41, 5.74) is -1.89. The smallest absolute Gasteiger partial charge is 0.334 e. The van der Waals surface area contributed by atoms with E-state index >= 15 is 0 Å². The average molecular weight is 663 g/mol. The molecule has 14 nitrogen and oxygen atoms in total. The van der Waals surface area contributed by atoms with Gasteiger partial charge in [-0.05, 0) is 26.2 Å². The van der Waals surface area contributed by atoms with Crippen LogP contribution in [0, 0.1) is 5.92 Å². The van der Waals surface area contributed by atoms with Crippen molar-refractivity contribution in [3.8, 4) is 0 Å². The second-order valence-electron chi connectivity index (χ2n) is 12.9. The summed E-state index contributed by atoms with van der Waals surface area (Å²) in [7, 11) is 0. The third kappa shape index (κ3) is 10.4. The topological polar surface area (TPSA) is 222 Å². The zero-order valence-corrected chi connectivity index (χ0v) is 26.8. The standard InChI is InChI=1S/C32H54O14/c1-19(43-30-25(36)24(35)26(22(16-33)45-30)46-31-27(37)32(41,17-34)18-42-31)14-12-10-8-6-4-3-5-7-9-11-13-15-21-23(28(38)39)20(2)29(40)44-21/h19,21-27,30-31,33-37,41H,2-18H2,1H3,(H,38,39)/t19-,21-,22+,23+,24+,25+,26+,27-,30+,31-,32+/m0/s1. The monoisotopic (exact) mass is 662 g/mol. The quantitative estimate of drug-likeness (QED) is 0.0516. The first-order valence-corrected chi connectivity index (χ1v) is 16.6. The summed E-state index contributed by atoms with van der Waals surface area (Å²) >= 11 is 0. The number of carboxylic acid groups (broad SMARTS) is 1. The molecule has 3 aliphatic rings. The number of carbonyl (C=O) groups excluding carboxylic acids is 1. The largest absolute Gasteiger partial charge is 0.481 e. The Morgan fingerprint density at radius 2 is 1.52 bits per heavy atom. The van der Waals surface area contributed by atoms with Gasteiger partial charge in [0.2, 0.25) is 0 Å². The van der Waals surface area contributed by atoms with Crippen LogP contribution < -0.4 is 0 Å². The van der Waals surface area contributed by atoms with Gasteiger partial charge < -0.3 is 59.4 Å². The van der Waals surface area contributed by atoms with Crippen LogP contribution in [0.5, 0.6) is 0 Å². The Bertz CT molecular complexity index is 961. The lowest BCUT2D eigenvalue weighted by Gasteiger charge is -2.43. The van der Waals surface area contributed by atoms with Gasteiger partial charge in [-0.15, -0.1) is 0 Å². The zero-order valence-electron chi connectivity index (χ0n) is 26.8. The Balaban J connectivity index is 1.21. The Hall–Kier alpha value is -1.72. The van der Waals surface area contributed by atoms with Gasteiger partial charge in [-0.25, -0.2) is 4.79 Å². The maximum atomic E-state index is 11.6. The average Bonchev–Trinajstić information content (AvgIpc) is 3.48. The molecule has 0 unspecified atom stereocenters. The molecule has 3 aliphatic heterocycles. The number of ether oxygens (including phenoxy) is 5. The molecular formula is C32H54O14. The van der Waals surface area contributed by atoms with Gasteiger partial charge in [0.25, 0.3) is 0 Å². The molecule has 0 spiro atoms. The fourth-order valence-corrected chi connectivity index (χ4v) is 6.23. The molecule has 14 heteroatoms. The second kappa shape index (κ2) is 18.7. The van der Waals surface area contributed by atoms with E-state index in [1.165, 1.54) is 0 Å². The minimum atomic E-state index is -1.92. The molecule has 7 N–H and O–H groups in total. The number of carbonyl (C=O) groups is 2. The van der Waals surface area contributed by atoms with Crippen molar-refractivity contribution in [3.05, 3.63) is 12.2 Å². The summed E-state index contributed by atoms with van der Waals surface area (Å²) < 4.78 is 27.5. The van der Waals surface area contributed by atoms with E-state index in [0.29, 0.717) is 6.42 Å². The van der Waals surface area contributed by atoms with Crippen molar-refractivity contribution in [2.45, 2.75) is 151 Å². The second-order valence-corrected chi connectivity index (χ2v) is 12.9. The number of rotatable bonds is 21. The van der Waals surface area contributed by atoms with Crippen molar-refractivity contribution in [3.63, 3.8) is 0 Å². The third-order valence-electron chi connectivity index (χ3n) is 9.19. The first-order valence-electron chi connectivity index (χ1n) is 16.6. The normalized spacial score (nSPS) is 35.4. The van der Waals surface area contributed by atoms with Gasteiger partial charge in [-0.2, -0.15) is 0 Å². The number of aliphatic hydroxyl groups is 6. The number of aliphatic carboxylic acids is 1. The van der Waals surface area contributed by atoms with Crippen LogP contribution >= 0.6 is 0 Å². The van der Waals surface area contributed by atoms with Crippen LogP contribution in [0.3, 0.4) is 0 Å². The molecule has 3 heterocycles. The van der Waals surface area contributed by atoms with Crippen molar-refractivity contribution in [2.24, 2.45) is 5.92 Å². The Morgan fingerprint density at radius 1 is 0.935 bits per heavy atom. The van der Waals surface area contributed by atoms with Gasteiger partial charge in [0.15, 0.2) is 12.6 Å². The minimum absolute atomic E-state index is 0.0356. The molecule has 11 atom stereocenters. The number of cyclic esters (lactones) is 1. The molecule has 0 aromatic rings. The van der Waals surface area contributed by atoms with E-state index in [4.69, 9.17) is 23.7 Å². The maximum Gasteiger partial charge on any atom is 0.334 e. The van der Waals surface area contributed by atoms with E-state index in [-0.39, 0.29) is 11.7 Å². The highest BCUT2D eigenvalue weighted by Crippen LogP contribution is 2.32. The fraction of sp³-hybridized carbons (Fsp3) is 0.875. The van der Waals surface area contributed by atoms with Gasteiger partial charge in [0, 0.05) is 5.57 Å². The molecule has 0 saturated carbocycles. The van der Waals surface area contributed by atoms with Crippen LogP contribution in [0.4, 0.5) is 0 Å². The molecule has 3 fully saturated rings. The van der Waals surface area contributed by atoms with E-state index < -0.39 is 92.5 Å². The Kier molecular flexibility index (Phi) is 15.8. The predicted molar refractivity (Wildman–Crippen MR) is 161 cm³/mol. The molecule has 3 saturated heterocycles. The van der Waals surface area contributed by atoms with Gasteiger partial charge in [-0.3, -0.25) is 4.79 Å². The highest BCUT2D eigenvalue weighted by Gasteiger charge is 2.53. The molecule has 3 rings (SSSR count). The number of esters is 1. The van der Waals surface area contributed by atoms with Crippen molar-refractivity contribution in [1.82, 2.24) is 0 Å². The molecule has 266 valence electrons. The molecule has 0 aliphatic carbocycles. The Morgan fingerprint density at radius 3 is 2.07 bits per heavy atom. The van der Waals surface area contributed by atoms with E-state index in [1.54, 1.807) is 0 Å². The van der Waals surface area contributed by atoms with Gasteiger partial charge >= 0.3 is 11.9 Å². The third-order valence-corrected chi connectivity index (χ3v) is 9.19. The summed E-state index contributed by atoms with van der Waals surface area (Å²) in [4.78, 5) is 23.0. The summed E-state index contributed by atoms with van der Waals surface area (Å²) in [5.74, 6) is -2.59. The van der Waals surface area contributed by atoms with Crippen LogP contribution in [-0.2, 0) is 33.3 Å². The number of unbranched alkanes of at least 4 members (excludes halogenated alkanes) is 10. The first kappa shape index (κ1) is 38.7. The van der Waals surface area contributed by atoms with Crippen LogP contribution in [0.15, 0.2) is 12.2 Å². The van der Waals surface area contributed by atoms with Crippen molar-refractivity contribution < 1.29 is 69.0 Å². The van der Waals surface area contributed by atoms with Gasteiger partial charge in [0.05, 0.1) is 25.9 Å². The molecule has 0 bridgehead atoms. The molecule has 0 radical (unpaired) electrons. The summed E-state index contributed by atoms with van der Waals surface area (Å²) in [5, 5.41) is 70.1. The molecular weight excluding hydrogens is 608 g/mol.